The standard InChI is InChI=1S/C21H25N7O4S/c1-16(23-33(30,31)19-10-8-18(32-2)9-11-19)20(29)26-12-14-27(15-13-26)21-22-24-25-28(21)17-6-4-3-5-7-17/h3-11,16,23H,12-15H2,1-2H3/t16-/m0/s1. The molecule has 0 unspecified atom stereocenters. The molecule has 1 aliphatic rings. The van der Waals surface area contributed by atoms with Crippen molar-refractivity contribution in [2.75, 3.05) is 38.2 Å². The van der Waals surface area contributed by atoms with Crippen LogP contribution in [0.5, 0.6) is 5.75 Å². The zero-order chi connectivity index (χ0) is 23.4. The predicted octanol–water partition coefficient (Wildman–Crippen LogP) is 0.687. The third-order valence-electron chi connectivity index (χ3n) is 5.40. The number of rotatable bonds is 7. The maximum Gasteiger partial charge on any atom is 0.250 e. The lowest BCUT2D eigenvalue weighted by molar-refractivity contribution is -0.132. The van der Waals surface area contributed by atoms with E-state index in [0.717, 1.165) is 5.69 Å². The summed E-state index contributed by atoms with van der Waals surface area (Å²) in [4.78, 5) is 16.6. The van der Waals surface area contributed by atoms with E-state index in [4.69, 9.17) is 4.74 Å². The van der Waals surface area contributed by atoms with Crippen LogP contribution in [0.15, 0.2) is 59.5 Å². The number of sulfonamides is 1. The smallest absolute Gasteiger partial charge is 0.250 e. The van der Waals surface area contributed by atoms with E-state index in [0.29, 0.717) is 37.9 Å². The van der Waals surface area contributed by atoms with Crippen molar-refractivity contribution in [1.29, 1.82) is 0 Å². The molecule has 33 heavy (non-hydrogen) atoms. The van der Waals surface area contributed by atoms with Gasteiger partial charge in [-0.2, -0.15) is 9.40 Å². The van der Waals surface area contributed by atoms with Gasteiger partial charge < -0.3 is 14.5 Å². The van der Waals surface area contributed by atoms with Gasteiger partial charge in [0.2, 0.25) is 21.9 Å². The molecule has 1 saturated heterocycles. The van der Waals surface area contributed by atoms with Crippen molar-refractivity contribution in [3.63, 3.8) is 0 Å². The van der Waals surface area contributed by atoms with Gasteiger partial charge in [-0.05, 0) is 53.7 Å². The van der Waals surface area contributed by atoms with Crippen LogP contribution in [0.1, 0.15) is 6.92 Å². The first kappa shape index (κ1) is 22.7. The summed E-state index contributed by atoms with van der Waals surface area (Å²) in [6, 6.07) is 14.7. The second-order valence-corrected chi connectivity index (χ2v) is 9.27. The number of amides is 1. The number of nitrogens with zero attached hydrogens (tertiary/aromatic N) is 6. The summed E-state index contributed by atoms with van der Waals surface area (Å²) < 4.78 is 34.5. The maximum atomic E-state index is 12.9. The highest BCUT2D eigenvalue weighted by molar-refractivity contribution is 7.89. The molecule has 1 aliphatic heterocycles. The predicted molar refractivity (Wildman–Crippen MR) is 121 cm³/mol. The Balaban J connectivity index is 1.37. The first-order valence-electron chi connectivity index (χ1n) is 10.4. The molecular weight excluding hydrogens is 446 g/mol. The van der Waals surface area contributed by atoms with E-state index in [-0.39, 0.29) is 10.8 Å². The molecule has 1 fully saturated rings. The van der Waals surface area contributed by atoms with Crippen molar-refractivity contribution in [3.05, 3.63) is 54.6 Å². The molecule has 0 aliphatic carbocycles. The zero-order valence-corrected chi connectivity index (χ0v) is 19.1. The van der Waals surface area contributed by atoms with Crippen LogP contribution in [-0.4, -0.2) is 78.8 Å². The number of hydrogen-bond donors (Lipinski definition) is 1. The van der Waals surface area contributed by atoms with Gasteiger partial charge in [-0.25, -0.2) is 8.42 Å². The average Bonchev–Trinajstić information content (AvgIpc) is 3.34. The summed E-state index contributed by atoms with van der Waals surface area (Å²) in [5.41, 5.74) is 0.845. The quantitative estimate of drug-likeness (QED) is 0.534. The van der Waals surface area contributed by atoms with Crippen LogP contribution in [-0.2, 0) is 14.8 Å². The number of carbonyl (C=O) groups excluding carboxylic acids is 1. The van der Waals surface area contributed by atoms with Gasteiger partial charge in [-0.3, -0.25) is 4.79 Å². The van der Waals surface area contributed by atoms with Gasteiger partial charge in [0.05, 0.1) is 23.7 Å². The molecule has 174 valence electrons. The van der Waals surface area contributed by atoms with E-state index >= 15 is 0 Å². The Morgan fingerprint density at radius 3 is 2.33 bits per heavy atom. The van der Waals surface area contributed by atoms with E-state index in [9.17, 15) is 13.2 Å². The number of carbonyl (C=O) groups is 1. The molecule has 0 radical (unpaired) electrons. The van der Waals surface area contributed by atoms with Gasteiger partial charge in [0.25, 0.3) is 0 Å². The number of nitrogens with one attached hydrogen (secondary N) is 1. The number of piperazine rings is 1. The molecule has 1 amide bonds. The Kier molecular flexibility index (Phi) is 6.56. The topological polar surface area (TPSA) is 123 Å². The third-order valence-corrected chi connectivity index (χ3v) is 6.96. The molecule has 11 nitrogen and oxygen atoms in total. The Morgan fingerprint density at radius 1 is 1.03 bits per heavy atom. The maximum absolute atomic E-state index is 12.9. The lowest BCUT2D eigenvalue weighted by Crippen LogP contribution is -2.54. The van der Waals surface area contributed by atoms with Crippen molar-refractivity contribution >= 4 is 21.9 Å². The largest absolute Gasteiger partial charge is 0.497 e. The van der Waals surface area contributed by atoms with Crippen LogP contribution in [0.25, 0.3) is 5.69 Å². The SMILES string of the molecule is COc1ccc(S(=O)(=O)N[C@@H](C)C(=O)N2CCN(c3nnnn3-c3ccccc3)CC2)cc1. The van der Waals surface area contributed by atoms with Gasteiger partial charge in [-0.1, -0.05) is 23.3 Å². The number of para-hydroxylation sites is 1. The van der Waals surface area contributed by atoms with Crippen LogP contribution in [0.4, 0.5) is 5.95 Å². The van der Waals surface area contributed by atoms with Gasteiger partial charge in [0.15, 0.2) is 0 Å². The number of tetrazole rings is 1. The van der Waals surface area contributed by atoms with Crippen LogP contribution in [0, 0.1) is 0 Å². The first-order valence-corrected chi connectivity index (χ1v) is 11.9. The van der Waals surface area contributed by atoms with Gasteiger partial charge in [-0.15, -0.1) is 0 Å². The van der Waals surface area contributed by atoms with Crippen molar-refractivity contribution < 1.29 is 17.9 Å². The fraction of sp³-hybridized carbons (Fsp3) is 0.333. The molecule has 2 heterocycles. The second kappa shape index (κ2) is 9.55. The number of aromatic nitrogens is 4. The molecule has 12 heteroatoms. The van der Waals surface area contributed by atoms with Gasteiger partial charge in [0.1, 0.15) is 5.75 Å². The minimum atomic E-state index is -3.84. The molecule has 2 aromatic carbocycles. The molecule has 0 spiro atoms. The number of benzene rings is 2. The third kappa shape index (κ3) is 4.96. The van der Waals surface area contributed by atoms with E-state index in [1.165, 1.54) is 19.2 Å². The zero-order valence-electron chi connectivity index (χ0n) is 18.3. The van der Waals surface area contributed by atoms with Crippen LogP contribution >= 0.6 is 0 Å². The fourth-order valence-electron chi connectivity index (χ4n) is 3.62. The first-order chi connectivity index (χ1) is 15.9. The summed E-state index contributed by atoms with van der Waals surface area (Å²) in [6.45, 7) is 3.45. The highest BCUT2D eigenvalue weighted by Gasteiger charge is 2.29. The van der Waals surface area contributed by atoms with Crippen LogP contribution in [0.3, 0.4) is 0 Å². The Labute approximate surface area is 192 Å². The lowest BCUT2D eigenvalue weighted by Gasteiger charge is -2.36. The molecule has 3 aromatic rings. The molecule has 1 atom stereocenters. The summed E-state index contributed by atoms with van der Waals surface area (Å²) in [5, 5.41) is 12.0. The summed E-state index contributed by atoms with van der Waals surface area (Å²) >= 11 is 0. The van der Waals surface area contributed by atoms with Crippen molar-refractivity contribution in [2.24, 2.45) is 0 Å². The summed E-state index contributed by atoms with van der Waals surface area (Å²) in [6.07, 6.45) is 0. The molecule has 0 bridgehead atoms. The summed E-state index contributed by atoms with van der Waals surface area (Å²) in [7, 11) is -2.34. The average molecular weight is 472 g/mol. The highest BCUT2D eigenvalue weighted by Crippen LogP contribution is 2.18. The van der Waals surface area contributed by atoms with Crippen molar-refractivity contribution in [2.45, 2.75) is 17.9 Å². The minimum Gasteiger partial charge on any atom is -0.497 e. The number of methoxy groups -OCH3 is 1. The van der Waals surface area contributed by atoms with Crippen molar-refractivity contribution in [1.82, 2.24) is 29.8 Å². The number of anilines is 1. The van der Waals surface area contributed by atoms with E-state index in [1.54, 1.807) is 28.6 Å². The minimum absolute atomic E-state index is 0.0699. The molecule has 4 rings (SSSR count). The Hall–Kier alpha value is -3.51. The normalized spacial score (nSPS) is 15.3. The number of hydrogen-bond acceptors (Lipinski definition) is 8. The van der Waals surface area contributed by atoms with Crippen LogP contribution < -0.4 is 14.4 Å². The van der Waals surface area contributed by atoms with Gasteiger partial charge in [0, 0.05) is 26.2 Å². The van der Waals surface area contributed by atoms with E-state index < -0.39 is 16.1 Å². The molecular formula is C21H25N7O4S. The molecule has 0 saturated carbocycles. The lowest BCUT2D eigenvalue weighted by atomic mass is 10.2. The Bertz CT molecular complexity index is 1190. The molecule has 1 N–H and O–H groups in total. The van der Waals surface area contributed by atoms with Crippen molar-refractivity contribution in [3.8, 4) is 11.4 Å². The summed E-state index contributed by atoms with van der Waals surface area (Å²) in [5.74, 6) is 0.866. The van der Waals surface area contributed by atoms with E-state index in [1.807, 2.05) is 35.2 Å². The monoisotopic (exact) mass is 471 g/mol. The second-order valence-electron chi connectivity index (χ2n) is 7.56. The highest BCUT2D eigenvalue weighted by atomic mass is 32.2. The number of ether oxygens (including phenoxy) is 1. The van der Waals surface area contributed by atoms with Gasteiger partial charge >= 0.3 is 0 Å². The molecule has 1 aromatic heterocycles. The Morgan fingerprint density at radius 2 is 1.70 bits per heavy atom. The van der Waals surface area contributed by atoms with E-state index in [2.05, 4.69) is 20.2 Å². The fourth-order valence-corrected chi connectivity index (χ4v) is 4.82. The van der Waals surface area contributed by atoms with Crippen LogP contribution in [0.2, 0.25) is 0 Å².